The van der Waals surface area contributed by atoms with Crippen molar-refractivity contribution in [2.75, 3.05) is 47.3 Å². The Bertz CT molecular complexity index is 1360. The number of carbonyl (C=O) groups excluding carboxylic acids is 4. The number of aryl methyl sites for hydroxylation is 1. The molecule has 0 radical (unpaired) electrons. The Labute approximate surface area is 279 Å². The largest absolute Gasteiger partial charge is 0.479 e. The summed E-state index contributed by atoms with van der Waals surface area (Å²) in [5, 5.41) is 40.3. The molecule has 1 aromatic carbocycles. The van der Waals surface area contributed by atoms with Gasteiger partial charge in [0.25, 0.3) is 11.8 Å². The molecule has 5 atom stereocenters. The van der Waals surface area contributed by atoms with Gasteiger partial charge >= 0.3 is 11.9 Å². The maximum atomic E-state index is 13.2. The van der Waals surface area contributed by atoms with Crippen LogP contribution in [0.15, 0.2) is 30.4 Å². The van der Waals surface area contributed by atoms with Gasteiger partial charge < -0.3 is 44.0 Å². The Balaban J connectivity index is 1.78. The van der Waals surface area contributed by atoms with Gasteiger partial charge in [0, 0.05) is 37.2 Å². The number of hydrogen-bond acceptors (Lipinski definition) is 11. The molecule has 0 aromatic heterocycles. The number of esters is 1. The minimum absolute atomic E-state index is 0.0837. The molecule has 2 aliphatic heterocycles. The van der Waals surface area contributed by atoms with Gasteiger partial charge in [-0.25, -0.2) is 4.79 Å². The summed E-state index contributed by atoms with van der Waals surface area (Å²) in [4.78, 5) is 63.9. The maximum absolute atomic E-state index is 13.2. The number of aliphatic hydroxyl groups is 3. The summed E-state index contributed by atoms with van der Waals surface area (Å²) in [5.74, 6) is -3.41. The fourth-order valence-electron chi connectivity index (χ4n) is 5.01. The first kappa shape index (κ1) is 38.6. The molecule has 15 heteroatoms. The highest BCUT2D eigenvalue weighted by Gasteiger charge is 2.48. The van der Waals surface area contributed by atoms with Gasteiger partial charge in [-0.1, -0.05) is 12.1 Å². The van der Waals surface area contributed by atoms with Crippen molar-refractivity contribution in [2.24, 2.45) is 5.41 Å². The van der Waals surface area contributed by atoms with Crippen molar-refractivity contribution in [3.63, 3.8) is 0 Å². The van der Waals surface area contributed by atoms with E-state index in [4.69, 9.17) is 14.2 Å². The SMILES string of the molecule is CC(C)(C)C(=O)OCc1ccc(CCCN(CCC[N+](C)(C)C)C(=O)CN2C(=O)C=CC2=O)cc1O[C@@H]1O[C@H](C(=O)O)[C@@H](O)[C@H](O)[C@H]1O. The molecule has 0 spiro atoms. The van der Waals surface area contributed by atoms with Gasteiger partial charge in [0.05, 0.1) is 33.1 Å². The Morgan fingerprint density at radius 2 is 1.58 bits per heavy atom. The predicted molar refractivity (Wildman–Crippen MR) is 169 cm³/mol. The third kappa shape index (κ3) is 10.6. The average Bonchev–Trinajstić information content (AvgIpc) is 3.30. The molecular formula is C33H48N3O12+. The van der Waals surface area contributed by atoms with Gasteiger partial charge in [-0.05, 0) is 45.2 Å². The first-order valence-corrected chi connectivity index (χ1v) is 15.8. The maximum Gasteiger partial charge on any atom is 0.335 e. The molecule has 0 aliphatic carbocycles. The van der Waals surface area contributed by atoms with E-state index >= 15 is 0 Å². The number of ether oxygens (including phenoxy) is 3. The molecule has 1 saturated heterocycles. The fourth-order valence-corrected chi connectivity index (χ4v) is 5.01. The summed E-state index contributed by atoms with van der Waals surface area (Å²) in [7, 11) is 6.11. The standard InChI is InChI=1S/C33H47N3O12/c1-33(2,3)32(45)46-19-21-11-10-20(17-22(21)47-31-28(42)26(40)27(41)29(48-31)30(43)44)9-7-14-34(15-8-16-36(4,5)6)25(39)18-35-23(37)12-13-24(35)38/h10-13,17,26-29,31,40-42H,7-9,14-16,18-19H2,1-6H3/p+1/t26-,27-,28+,29-,31+/m0/s1. The van der Waals surface area contributed by atoms with E-state index in [-0.39, 0.29) is 24.8 Å². The number of amides is 3. The van der Waals surface area contributed by atoms with Crippen LogP contribution in [0.3, 0.4) is 0 Å². The van der Waals surface area contributed by atoms with E-state index in [9.17, 15) is 44.4 Å². The molecule has 15 nitrogen and oxygen atoms in total. The summed E-state index contributed by atoms with van der Waals surface area (Å²) in [6, 6.07) is 5.00. The number of imide groups is 1. The van der Waals surface area contributed by atoms with Crippen LogP contribution in [-0.2, 0) is 46.5 Å². The van der Waals surface area contributed by atoms with Gasteiger partial charge in [0.2, 0.25) is 12.2 Å². The average molecular weight is 679 g/mol. The Kier molecular flexibility index (Phi) is 12.9. The molecule has 0 bridgehead atoms. The minimum atomic E-state index is -1.90. The van der Waals surface area contributed by atoms with Crippen molar-refractivity contribution >= 4 is 29.7 Å². The third-order valence-electron chi connectivity index (χ3n) is 7.86. The summed E-state index contributed by atoms with van der Waals surface area (Å²) < 4.78 is 17.3. The lowest BCUT2D eigenvalue weighted by Crippen LogP contribution is -2.61. The zero-order chi connectivity index (χ0) is 36.0. The predicted octanol–water partition coefficient (Wildman–Crippen LogP) is -0.171. The van der Waals surface area contributed by atoms with Crippen LogP contribution in [-0.4, -0.2) is 142 Å². The van der Waals surface area contributed by atoms with Crippen LogP contribution in [0.4, 0.5) is 0 Å². The number of nitrogens with zero attached hydrogens (tertiary/aromatic N) is 3. The second kappa shape index (κ2) is 16.0. The second-order valence-corrected chi connectivity index (χ2v) is 14.1. The van der Waals surface area contributed by atoms with Gasteiger partial charge in [-0.15, -0.1) is 0 Å². The zero-order valence-electron chi connectivity index (χ0n) is 28.3. The first-order chi connectivity index (χ1) is 22.3. The van der Waals surface area contributed by atoms with Crippen LogP contribution in [0.5, 0.6) is 5.75 Å². The molecule has 1 fully saturated rings. The highest BCUT2D eigenvalue weighted by molar-refractivity contribution is 6.14. The van der Waals surface area contributed by atoms with Crippen LogP contribution < -0.4 is 4.74 Å². The summed E-state index contributed by atoms with van der Waals surface area (Å²) >= 11 is 0. The van der Waals surface area contributed by atoms with Crippen molar-refractivity contribution in [1.29, 1.82) is 0 Å². The molecule has 48 heavy (non-hydrogen) atoms. The molecule has 0 saturated carbocycles. The Morgan fingerprint density at radius 3 is 2.17 bits per heavy atom. The van der Waals surface area contributed by atoms with Crippen molar-refractivity contribution in [3.8, 4) is 5.75 Å². The minimum Gasteiger partial charge on any atom is -0.479 e. The number of carbonyl (C=O) groups is 5. The number of quaternary nitrogens is 1. The number of carboxylic acid groups (broad SMARTS) is 1. The highest BCUT2D eigenvalue weighted by atomic mass is 16.7. The van der Waals surface area contributed by atoms with E-state index in [0.717, 1.165) is 23.6 Å². The summed E-state index contributed by atoms with van der Waals surface area (Å²) in [6.07, 6.45) is -5.29. The van der Waals surface area contributed by atoms with Gasteiger partial charge in [0.15, 0.2) is 6.10 Å². The lowest BCUT2D eigenvalue weighted by molar-refractivity contribution is -0.870. The third-order valence-corrected chi connectivity index (χ3v) is 7.86. The normalized spacial score (nSPS) is 22.9. The number of hydrogen-bond donors (Lipinski definition) is 4. The number of carboxylic acids is 1. The molecule has 1 aromatic rings. The Morgan fingerprint density at radius 1 is 0.958 bits per heavy atom. The number of aliphatic hydroxyl groups excluding tert-OH is 3. The number of benzene rings is 1. The van der Waals surface area contributed by atoms with Crippen LogP contribution in [0, 0.1) is 5.41 Å². The quantitative estimate of drug-likeness (QED) is 0.109. The van der Waals surface area contributed by atoms with E-state index in [0.29, 0.717) is 48.0 Å². The Hall–Kier alpha value is -3.89. The van der Waals surface area contributed by atoms with Crippen molar-refractivity contribution in [3.05, 3.63) is 41.5 Å². The van der Waals surface area contributed by atoms with Gasteiger partial charge in [0.1, 0.15) is 37.2 Å². The molecule has 3 rings (SSSR count). The topological polar surface area (TPSA) is 200 Å². The fraction of sp³-hybridized carbons (Fsp3) is 0.606. The lowest BCUT2D eigenvalue weighted by Gasteiger charge is -2.38. The summed E-state index contributed by atoms with van der Waals surface area (Å²) in [6.45, 7) is 6.00. The van der Waals surface area contributed by atoms with Crippen molar-refractivity contribution < 1.29 is 63.1 Å². The molecule has 2 heterocycles. The lowest BCUT2D eigenvalue weighted by atomic mass is 9.97. The van der Waals surface area contributed by atoms with E-state index in [1.54, 1.807) is 43.9 Å². The molecular weight excluding hydrogens is 630 g/mol. The molecule has 0 unspecified atom stereocenters. The number of aliphatic carboxylic acids is 1. The van der Waals surface area contributed by atoms with E-state index < -0.39 is 59.9 Å². The molecule has 3 amide bonds. The summed E-state index contributed by atoms with van der Waals surface area (Å²) in [5.41, 5.74) is 0.286. The highest BCUT2D eigenvalue weighted by Crippen LogP contribution is 2.29. The molecule has 4 N–H and O–H groups in total. The van der Waals surface area contributed by atoms with Crippen molar-refractivity contribution in [1.82, 2.24) is 9.80 Å². The monoisotopic (exact) mass is 678 g/mol. The van der Waals surface area contributed by atoms with E-state index in [2.05, 4.69) is 0 Å². The van der Waals surface area contributed by atoms with Crippen LogP contribution in [0.2, 0.25) is 0 Å². The first-order valence-electron chi connectivity index (χ1n) is 15.8. The molecule has 266 valence electrons. The molecule has 2 aliphatic rings. The zero-order valence-corrected chi connectivity index (χ0v) is 28.3. The van der Waals surface area contributed by atoms with E-state index in [1.807, 2.05) is 21.1 Å². The van der Waals surface area contributed by atoms with Gasteiger partial charge in [-0.2, -0.15) is 0 Å². The van der Waals surface area contributed by atoms with Crippen LogP contribution >= 0.6 is 0 Å². The second-order valence-electron chi connectivity index (χ2n) is 14.1. The smallest absolute Gasteiger partial charge is 0.335 e. The van der Waals surface area contributed by atoms with Crippen LogP contribution in [0.1, 0.15) is 44.7 Å². The van der Waals surface area contributed by atoms with Crippen molar-refractivity contribution in [2.45, 2.75) is 77.3 Å². The van der Waals surface area contributed by atoms with Gasteiger partial charge in [-0.3, -0.25) is 24.1 Å². The van der Waals surface area contributed by atoms with E-state index in [1.165, 1.54) is 0 Å². The number of rotatable bonds is 15. The van der Waals surface area contributed by atoms with Crippen LogP contribution in [0.25, 0.3) is 0 Å².